The van der Waals surface area contributed by atoms with Gasteiger partial charge in [0.2, 0.25) is 0 Å². The first-order valence-electron chi connectivity index (χ1n) is 10.5. The van der Waals surface area contributed by atoms with Crippen LogP contribution in [0.4, 0.5) is 0 Å². The molecule has 0 heterocycles. The minimum atomic E-state index is -3.49. The molecule has 0 saturated heterocycles. The van der Waals surface area contributed by atoms with Crippen molar-refractivity contribution in [2.45, 2.75) is 17.2 Å². The molecule has 33 heavy (non-hydrogen) atoms. The van der Waals surface area contributed by atoms with Gasteiger partial charge in [-0.3, -0.25) is 4.79 Å². The molecule has 5 nitrogen and oxygen atoms in total. The number of benzene rings is 4. The molecule has 0 unspecified atom stereocenters. The lowest BCUT2D eigenvalue weighted by molar-refractivity contribution is 0.0950. The molecule has 0 bridgehead atoms. The maximum atomic E-state index is 12.8. The van der Waals surface area contributed by atoms with Crippen molar-refractivity contribution in [3.05, 3.63) is 126 Å². The lowest BCUT2D eigenvalue weighted by atomic mass is 10.1. The van der Waals surface area contributed by atoms with Gasteiger partial charge in [0.05, 0.1) is 10.6 Å². The molecular formula is C27H23NO4S. The number of sulfone groups is 1. The van der Waals surface area contributed by atoms with Crippen molar-refractivity contribution in [2.24, 2.45) is 0 Å². The highest BCUT2D eigenvalue weighted by Gasteiger charge is 2.16. The first-order chi connectivity index (χ1) is 16.0. The van der Waals surface area contributed by atoms with Crippen molar-refractivity contribution < 1.29 is 17.9 Å². The van der Waals surface area contributed by atoms with Gasteiger partial charge < -0.3 is 10.1 Å². The summed E-state index contributed by atoms with van der Waals surface area (Å²) in [5, 5.41) is 2.89. The van der Waals surface area contributed by atoms with E-state index < -0.39 is 9.84 Å². The molecule has 0 saturated carbocycles. The van der Waals surface area contributed by atoms with Crippen LogP contribution in [0.25, 0.3) is 0 Å². The van der Waals surface area contributed by atoms with Gasteiger partial charge in [0.25, 0.3) is 5.91 Å². The second-order valence-corrected chi connectivity index (χ2v) is 9.47. The third-order valence-corrected chi connectivity index (χ3v) is 6.73. The fraction of sp³-hybridized carbons (Fsp3) is 0.0741. The number of carbonyl (C=O) groups excluding carboxylic acids is 1. The molecule has 0 aromatic heterocycles. The van der Waals surface area contributed by atoms with E-state index in [9.17, 15) is 13.2 Å². The second-order valence-electron chi connectivity index (χ2n) is 7.48. The maximum Gasteiger partial charge on any atom is 0.251 e. The van der Waals surface area contributed by atoms with Gasteiger partial charge in [0.15, 0.2) is 9.84 Å². The van der Waals surface area contributed by atoms with Gasteiger partial charge in [-0.25, -0.2) is 8.42 Å². The van der Waals surface area contributed by atoms with E-state index in [1.54, 1.807) is 54.6 Å². The van der Waals surface area contributed by atoms with E-state index in [0.717, 1.165) is 5.56 Å². The number of hydrogen-bond donors (Lipinski definition) is 1. The predicted molar refractivity (Wildman–Crippen MR) is 128 cm³/mol. The van der Waals surface area contributed by atoms with E-state index in [1.807, 2.05) is 54.6 Å². The zero-order valence-electron chi connectivity index (χ0n) is 17.8. The average molecular weight is 458 g/mol. The third kappa shape index (κ3) is 5.87. The predicted octanol–water partition coefficient (Wildman–Crippen LogP) is 5.38. The molecule has 1 N–H and O–H groups in total. The van der Waals surface area contributed by atoms with E-state index in [-0.39, 0.29) is 23.1 Å². The fourth-order valence-electron chi connectivity index (χ4n) is 3.38. The summed E-state index contributed by atoms with van der Waals surface area (Å²) in [7, 11) is -3.49. The van der Waals surface area contributed by atoms with E-state index >= 15 is 0 Å². The molecule has 4 aromatic carbocycles. The molecular weight excluding hydrogens is 434 g/mol. The van der Waals surface area contributed by atoms with E-state index in [0.29, 0.717) is 22.6 Å². The molecule has 6 heteroatoms. The Morgan fingerprint density at radius 3 is 2.18 bits per heavy atom. The van der Waals surface area contributed by atoms with E-state index in [4.69, 9.17) is 4.74 Å². The van der Waals surface area contributed by atoms with Crippen LogP contribution in [0.15, 0.2) is 114 Å². The Bertz CT molecular complexity index is 1340. The number of hydrogen-bond acceptors (Lipinski definition) is 4. The Kier molecular flexibility index (Phi) is 6.86. The summed E-state index contributed by atoms with van der Waals surface area (Å²) in [5.41, 5.74) is 1.79. The van der Waals surface area contributed by atoms with Crippen LogP contribution in [0.2, 0.25) is 0 Å². The maximum absolute atomic E-state index is 12.8. The third-order valence-electron chi connectivity index (χ3n) is 5.03. The van der Waals surface area contributed by atoms with Crippen LogP contribution in [0.1, 0.15) is 21.5 Å². The second kappa shape index (κ2) is 10.1. The van der Waals surface area contributed by atoms with E-state index in [2.05, 4.69) is 5.32 Å². The van der Waals surface area contributed by atoms with Crippen LogP contribution in [-0.2, 0) is 22.1 Å². The Morgan fingerprint density at radius 2 is 1.42 bits per heavy atom. The zero-order valence-corrected chi connectivity index (χ0v) is 18.7. The van der Waals surface area contributed by atoms with Gasteiger partial charge in [-0.05, 0) is 48.0 Å². The van der Waals surface area contributed by atoms with Crippen LogP contribution in [0, 0.1) is 0 Å². The van der Waals surface area contributed by atoms with Crippen molar-refractivity contribution in [1.82, 2.24) is 5.32 Å². The summed E-state index contributed by atoms with van der Waals surface area (Å²) in [4.78, 5) is 13.0. The lowest BCUT2D eigenvalue weighted by Crippen LogP contribution is -2.23. The van der Waals surface area contributed by atoms with Crippen molar-refractivity contribution in [3.8, 4) is 11.5 Å². The van der Waals surface area contributed by atoms with Crippen molar-refractivity contribution >= 4 is 15.7 Å². The molecule has 0 radical (unpaired) electrons. The van der Waals surface area contributed by atoms with Crippen LogP contribution in [0.5, 0.6) is 11.5 Å². The molecule has 0 spiro atoms. The van der Waals surface area contributed by atoms with Gasteiger partial charge in [-0.15, -0.1) is 0 Å². The Hall–Kier alpha value is -3.90. The number of rotatable bonds is 8. The Balaban J connectivity index is 1.44. The summed E-state index contributed by atoms with van der Waals surface area (Å²) in [6.07, 6.45) is 0. The molecule has 0 aliphatic carbocycles. The topological polar surface area (TPSA) is 72.5 Å². The zero-order chi connectivity index (χ0) is 23.1. The monoisotopic (exact) mass is 457 g/mol. The van der Waals surface area contributed by atoms with Gasteiger partial charge in [0.1, 0.15) is 11.5 Å². The van der Waals surface area contributed by atoms with Crippen LogP contribution >= 0.6 is 0 Å². The molecule has 0 fully saturated rings. The lowest BCUT2D eigenvalue weighted by Gasteiger charge is -2.12. The molecule has 4 aromatic rings. The fourth-order valence-corrected chi connectivity index (χ4v) is 4.73. The first kappa shape index (κ1) is 22.3. The van der Waals surface area contributed by atoms with Gasteiger partial charge >= 0.3 is 0 Å². The molecule has 4 rings (SSSR count). The number of carbonyl (C=O) groups is 1. The SMILES string of the molecule is O=C(NCc1ccccc1Oc1ccccc1)c1cccc(CS(=O)(=O)c2ccccc2)c1. The first-order valence-corrected chi connectivity index (χ1v) is 12.1. The molecule has 0 aliphatic heterocycles. The minimum Gasteiger partial charge on any atom is -0.457 e. The largest absolute Gasteiger partial charge is 0.457 e. The minimum absolute atomic E-state index is 0.175. The number of amides is 1. The summed E-state index contributed by atoms with van der Waals surface area (Å²) in [6, 6.07) is 31.9. The molecule has 0 atom stereocenters. The highest BCUT2D eigenvalue weighted by atomic mass is 32.2. The van der Waals surface area contributed by atoms with Crippen LogP contribution in [0.3, 0.4) is 0 Å². The highest BCUT2D eigenvalue weighted by molar-refractivity contribution is 7.90. The normalized spacial score (nSPS) is 11.0. The quantitative estimate of drug-likeness (QED) is 0.385. The standard InChI is InChI=1S/C27H23NO4S/c29-27(28-19-23-11-7-8-17-26(23)32-24-13-3-1-4-14-24)22-12-9-10-21(18-22)20-33(30,31)25-15-5-2-6-16-25/h1-18H,19-20H2,(H,28,29). The average Bonchev–Trinajstić information content (AvgIpc) is 2.84. The molecule has 166 valence electrons. The number of nitrogens with one attached hydrogen (secondary N) is 1. The summed E-state index contributed by atoms with van der Waals surface area (Å²) in [6.45, 7) is 0.272. The molecule has 0 aliphatic rings. The highest BCUT2D eigenvalue weighted by Crippen LogP contribution is 2.25. The number of para-hydroxylation sites is 2. The van der Waals surface area contributed by atoms with E-state index in [1.165, 1.54) is 0 Å². The van der Waals surface area contributed by atoms with Gasteiger partial charge in [0, 0.05) is 17.7 Å². The number of ether oxygens (including phenoxy) is 1. The summed E-state index contributed by atoms with van der Waals surface area (Å²) < 4.78 is 31.3. The Labute approximate surface area is 193 Å². The van der Waals surface area contributed by atoms with Crippen molar-refractivity contribution in [2.75, 3.05) is 0 Å². The van der Waals surface area contributed by atoms with Gasteiger partial charge in [-0.1, -0.05) is 66.7 Å². The van der Waals surface area contributed by atoms with Crippen molar-refractivity contribution in [3.63, 3.8) is 0 Å². The smallest absolute Gasteiger partial charge is 0.251 e. The molecule has 1 amide bonds. The Morgan fingerprint density at radius 1 is 0.758 bits per heavy atom. The van der Waals surface area contributed by atoms with Crippen LogP contribution in [-0.4, -0.2) is 14.3 Å². The summed E-state index contributed by atoms with van der Waals surface area (Å²) >= 11 is 0. The summed E-state index contributed by atoms with van der Waals surface area (Å²) in [5.74, 6) is 0.907. The van der Waals surface area contributed by atoms with Crippen LogP contribution < -0.4 is 10.1 Å². The van der Waals surface area contributed by atoms with Crippen molar-refractivity contribution in [1.29, 1.82) is 0 Å². The van der Waals surface area contributed by atoms with Gasteiger partial charge in [-0.2, -0.15) is 0 Å².